The molecule has 0 aliphatic carbocycles. The summed E-state index contributed by atoms with van der Waals surface area (Å²) in [7, 11) is -3.27. The van der Waals surface area contributed by atoms with Crippen LogP contribution in [-0.4, -0.2) is 88.9 Å². The molecule has 6 N–H and O–H groups in total. The van der Waals surface area contributed by atoms with E-state index in [1.165, 1.54) is 32.1 Å². The summed E-state index contributed by atoms with van der Waals surface area (Å²) in [5.74, 6) is -3.54. The number of nitrogens with zero attached hydrogens (tertiary/aromatic N) is 1. The lowest BCUT2D eigenvalue weighted by atomic mass is 10.0. The van der Waals surface area contributed by atoms with Crippen LogP contribution in [0.3, 0.4) is 0 Å². The van der Waals surface area contributed by atoms with Crippen molar-refractivity contribution in [3.05, 3.63) is 29.8 Å². The first-order valence-electron chi connectivity index (χ1n) is 12.1. The molecule has 0 saturated heterocycles. The van der Waals surface area contributed by atoms with Gasteiger partial charge in [0.15, 0.2) is 12.2 Å². The molecule has 0 aromatic heterocycles. The lowest BCUT2D eigenvalue weighted by Crippen LogP contribution is -2.39. The zero-order chi connectivity index (χ0) is 27.7. The highest BCUT2D eigenvalue weighted by atomic mass is 32.2. The van der Waals surface area contributed by atoms with Gasteiger partial charge in [0.2, 0.25) is 10.0 Å². The number of nitrogens with one attached hydrogen (secondary N) is 1. The van der Waals surface area contributed by atoms with E-state index in [0.29, 0.717) is 12.1 Å². The largest absolute Gasteiger partial charge is 0.479 e. The smallest absolute Gasteiger partial charge is 0.335 e. The van der Waals surface area contributed by atoms with Crippen LogP contribution in [0.2, 0.25) is 0 Å². The van der Waals surface area contributed by atoms with Gasteiger partial charge in [-0.3, -0.25) is 4.72 Å². The van der Waals surface area contributed by atoms with Crippen molar-refractivity contribution in [2.24, 2.45) is 0 Å². The molecule has 208 valence electrons. The number of carbonyl (C=O) groups is 2. The third-order valence-corrected chi connectivity index (χ3v) is 5.99. The summed E-state index contributed by atoms with van der Waals surface area (Å²) in [6.07, 6.45) is 4.25. The summed E-state index contributed by atoms with van der Waals surface area (Å²) in [4.78, 5) is 22.0. The Labute approximate surface area is 213 Å². The molecule has 0 aliphatic rings. The summed E-state index contributed by atoms with van der Waals surface area (Å²) in [5, 5.41) is 42.9. The van der Waals surface area contributed by atoms with Crippen LogP contribution in [0.25, 0.3) is 0 Å². The van der Waals surface area contributed by atoms with Crippen LogP contribution in [0.4, 0.5) is 5.69 Å². The number of hydrogen-bond acceptors (Lipinski definition) is 8. The summed E-state index contributed by atoms with van der Waals surface area (Å²) in [6.45, 7) is 7.63. The number of aliphatic carboxylic acids is 2. The van der Waals surface area contributed by atoms with E-state index in [1.807, 2.05) is 0 Å². The highest BCUT2D eigenvalue weighted by Gasteiger charge is 2.29. The number of aliphatic hydroxyl groups excluding tert-OH is 3. The van der Waals surface area contributed by atoms with Crippen molar-refractivity contribution in [2.45, 2.75) is 77.1 Å². The average Bonchev–Trinajstić information content (AvgIpc) is 2.81. The minimum Gasteiger partial charge on any atom is -0.479 e. The first-order chi connectivity index (χ1) is 16.8. The summed E-state index contributed by atoms with van der Waals surface area (Å²) in [5.41, 5.74) is 1.34. The van der Waals surface area contributed by atoms with Crippen molar-refractivity contribution in [2.75, 3.05) is 30.6 Å². The molecule has 3 unspecified atom stereocenters. The minimum atomic E-state index is -3.27. The van der Waals surface area contributed by atoms with Crippen molar-refractivity contribution in [3.63, 3.8) is 0 Å². The number of sulfonamides is 1. The van der Waals surface area contributed by atoms with E-state index in [4.69, 9.17) is 20.4 Å². The predicted molar refractivity (Wildman–Crippen MR) is 137 cm³/mol. The van der Waals surface area contributed by atoms with Crippen LogP contribution in [0.1, 0.15) is 70.5 Å². The topological polar surface area (TPSA) is 185 Å². The number of hydrogen-bond donors (Lipinski definition) is 6. The Kier molecular flexibility index (Phi) is 16.9. The van der Waals surface area contributed by atoms with Crippen molar-refractivity contribution in [3.8, 4) is 0 Å². The molecule has 0 amide bonds. The number of unbranched alkanes of at least 4 members (excludes halogenated alkanes) is 4. The van der Waals surface area contributed by atoms with Crippen molar-refractivity contribution < 1.29 is 43.5 Å². The van der Waals surface area contributed by atoms with Gasteiger partial charge in [-0.1, -0.05) is 51.7 Å². The van der Waals surface area contributed by atoms with Crippen LogP contribution in [-0.2, 0) is 19.6 Å². The minimum absolute atomic E-state index is 0.509. The third kappa shape index (κ3) is 15.7. The van der Waals surface area contributed by atoms with E-state index in [1.54, 1.807) is 24.3 Å². The van der Waals surface area contributed by atoms with E-state index >= 15 is 0 Å². The average molecular weight is 535 g/mol. The Morgan fingerprint density at radius 2 is 1.36 bits per heavy atom. The van der Waals surface area contributed by atoms with E-state index in [2.05, 4.69) is 23.5 Å². The summed E-state index contributed by atoms with van der Waals surface area (Å²) < 4.78 is 24.9. The van der Waals surface area contributed by atoms with Crippen LogP contribution in [0.15, 0.2) is 24.3 Å². The zero-order valence-corrected chi connectivity index (χ0v) is 22.2. The van der Waals surface area contributed by atoms with Gasteiger partial charge in [0.05, 0.1) is 12.4 Å². The number of carboxylic acid groups (broad SMARTS) is 2. The third-order valence-electron chi connectivity index (χ3n) is 5.38. The first kappa shape index (κ1) is 33.8. The second kappa shape index (κ2) is 18.1. The molecule has 1 rings (SSSR count). The monoisotopic (exact) mass is 534 g/mol. The molecule has 36 heavy (non-hydrogen) atoms. The maximum atomic E-state index is 11.2. The molecule has 0 spiro atoms. The molecular formula is C24H42N2O9S. The van der Waals surface area contributed by atoms with Gasteiger partial charge in [0, 0.05) is 5.69 Å². The summed E-state index contributed by atoms with van der Waals surface area (Å²) >= 11 is 0. The second-order valence-electron chi connectivity index (χ2n) is 8.57. The molecular weight excluding hydrogens is 492 g/mol. The number of benzene rings is 1. The van der Waals surface area contributed by atoms with Gasteiger partial charge >= 0.3 is 11.9 Å². The second-order valence-corrected chi connectivity index (χ2v) is 10.3. The van der Waals surface area contributed by atoms with Gasteiger partial charge in [-0.25, -0.2) is 18.0 Å². The van der Waals surface area contributed by atoms with E-state index in [9.17, 15) is 23.1 Å². The lowest BCUT2D eigenvalue weighted by Gasteiger charge is -2.21. The Bertz CT molecular complexity index is 845. The number of rotatable bonds is 17. The molecule has 11 nitrogen and oxygen atoms in total. The van der Waals surface area contributed by atoms with Crippen LogP contribution < -0.4 is 4.72 Å². The fraction of sp³-hybridized carbons (Fsp3) is 0.667. The summed E-state index contributed by atoms with van der Waals surface area (Å²) in [6, 6.07) is 6.94. The highest BCUT2D eigenvalue weighted by Crippen LogP contribution is 2.21. The van der Waals surface area contributed by atoms with Crippen molar-refractivity contribution >= 4 is 27.6 Å². The number of aliphatic hydroxyl groups is 3. The van der Waals surface area contributed by atoms with Crippen molar-refractivity contribution in [1.82, 2.24) is 4.90 Å². The molecule has 0 heterocycles. The standard InChI is InChI=1S/C20H36N2O3S.C4H6O6/c1-4-6-7-8-9-16-22(5-2)17-10-11-20(23)18-12-14-19(15-13-18)21-26(3,24)25;5-1(3(7)8)2(6)4(9)10/h12-15,20-21,23H,4-11,16-17H2,1-3H3;1-2,5-6H,(H,7,8)(H,9,10). The molecule has 12 heteroatoms. The molecule has 0 saturated carbocycles. The first-order valence-corrected chi connectivity index (χ1v) is 14.0. The van der Waals surface area contributed by atoms with Gasteiger partial charge in [-0.05, 0) is 56.6 Å². The van der Waals surface area contributed by atoms with Gasteiger partial charge in [-0.2, -0.15) is 0 Å². The number of anilines is 1. The molecule has 0 aliphatic heterocycles. The maximum absolute atomic E-state index is 11.2. The normalized spacial score (nSPS) is 13.9. The Morgan fingerprint density at radius 3 is 1.81 bits per heavy atom. The van der Waals surface area contributed by atoms with Gasteiger partial charge in [0.1, 0.15) is 0 Å². The van der Waals surface area contributed by atoms with Crippen LogP contribution >= 0.6 is 0 Å². The number of carboxylic acids is 2. The molecule has 1 aromatic rings. The Hall–Kier alpha value is -2.25. The molecule has 3 atom stereocenters. The highest BCUT2D eigenvalue weighted by molar-refractivity contribution is 7.92. The predicted octanol–water partition coefficient (Wildman–Crippen LogP) is 2.04. The van der Waals surface area contributed by atoms with Crippen LogP contribution in [0.5, 0.6) is 0 Å². The van der Waals surface area contributed by atoms with E-state index < -0.39 is 40.3 Å². The van der Waals surface area contributed by atoms with Crippen molar-refractivity contribution in [1.29, 1.82) is 0 Å². The SMILES string of the molecule is CCCCCCCN(CC)CCCC(O)c1ccc(NS(C)(=O)=O)cc1.O=C(O)C(O)C(O)C(=O)O. The van der Waals surface area contributed by atoms with Gasteiger partial charge in [0.25, 0.3) is 0 Å². The maximum Gasteiger partial charge on any atom is 0.335 e. The quantitative estimate of drug-likeness (QED) is 0.162. The fourth-order valence-corrected chi connectivity index (χ4v) is 3.86. The van der Waals surface area contributed by atoms with Crippen LogP contribution in [0, 0.1) is 0 Å². The molecule has 0 radical (unpaired) electrons. The Balaban J connectivity index is 0.00000103. The zero-order valence-electron chi connectivity index (χ0n) is 21.3. The van der Waals surface area contributed by atoms with E-state index in [0.717, 1.165) is 37.9 Å². The lowest BCUT2D eigenvalue weighted by molar-refractivity contribution is -0.165. The Morgan fingerprint density at radius 1 is 0.861 bits per heavy atom. The van der Waals surface area contributed by atoms with E-state index in [-0.39, 0.29) is 0 Å². The molecule has 1 aromatic carbocycles. The van der Waals surface area contributed by atoms with Gasteiger partial charge < -0.3 is 30.4 Å². The molecule has 0 fully saturated rings. The van der Waals surface area contributed by atoms with Gasteiger partial charge in [-0.15, -0.1) is 0 Å². The fourth-order valence-electron chi connectivity index (χ4n) is 3.30. The molecule has 0 bridgehead atoms.